The summed E-state index contributed by atoms with van der Waals surface area (Å²) in [5.41, 5.74) is 0. The Morgan fingerprint density at radius 2 is 2.10 bits per heavy atom. The summed E-state index contributed by atoms with van der Waals surface area (Å²) in [6.45, 7) is 1.90. The van der Waals surface area contributed by atoms with E-state index in [-0.39, 0.29) is 0 Å². The van der Waals surface area contributed by atoms with Gasteiger partial charge in [-0.15, -0.1) is 0 Å². The first-order valence-electron chi connectivity index (χ1n) is 7.36. The first kappa shape index (κ1) is 16.0. The van der Waals surface area contributed by atoms with Crippen molar-refractivity contribution in [3.63, 3.8) is 0 Å². The van der Waals surface area contributed by atoms with Gasteiger partial charge >= 0.3 is 0 Å². The van der Waals surface area contributed by atoms with Crippen LogP contribution in [0.25, 0.3) is 0 Å². The number of aryl methyl sites for hydroxylation is 1. The fourth-order valence-electron chi connectivity index (χ4n) is 2.08. The zero-order valence-electron chi connectivity index (χ0n) is 11.9. The van der Waals surface area contributed by atoms with Gasteiger partial charge in [-0.3, -0.25) is 0 Å². The molecule has 1 saturated heterocycles. The maximum atomic E-state index is 5.26. The predicted octanol–water partition coefficient (Wildman–Crippen LogP) is 2.89. The third kappa shape index (κ3) is 4.87. The molecule has 0 radical (unpaired) electrons. The second kappa shape index (κ2) is 8.81. The van der Waals surface area contributed by atoms with Crippen molar-refractivity contribution >= 4 is 27.9 Å². The Kier molecular flexibility index (Phi) is 7.05. The van der Waals surface area contributed by atoms with Crippen molar-refractivity contribution in [2.45, 2.75) is 44.6 Å². The maximum absolute atomic E-state index is 5.26. The van der Waals surface area contributed by atoms with Crippen LogP contribution >= 0.6 is 22.1 Å². The third-order valence-electron chi connectivity index (χ3n) is 3.69. The highest BCUT2D eigenvalue weighted by atomic mass is 32.1. The van der Waals surface area contributed by atoms with E-state index in [1.54, 1.807) is 0 Å². The second-order valence-electron chi connectivity index (χ2n) is 5.21. The zero-order chi connectivity index (χ0) is 14.2. The van der Waals surface area contributed by atoms with Crippen molar-refractivity contribution in [3.8, 4) is 0 Å². The molecule has 1 aliphatic carbocycles. The van der Waals surface area contributed by atoms with Gasteiger partial charge in [-0.05, 0) is 18.2 Å². The summed E-state index contributed by atoms with van der Waals surface area (Å²) in [5, 5.41) is 0. The number of thiol groups is 1. The standard InChI is InChI=1S/C10H16N3OPS.C4H8/c15-14-8-2-5-13(7-8)10-1-4-11-9(12-10)3-6-16;1-2-4-3-1/h1,4,8,16H,2-3,5-7,15H2;1-4H2. The molecule has 6 heteroatoms. The molecule has 0 spiro atoms. The molecule has 0 bridgehead atoms. The highest BCUT2D eigenvalue weighted by Crippen LogP contribution is 2.20. The minimum Gasteiger partial charge on any atom is -0.361 e. The molecule has 1 aliphatic heterocycles. The van der Waals surface area contributed by atoms with Gasteiger partial charge in [0.05, 0.1) is 6.10 Å². The van der Waals surface area contributed by atoms with E-state index in [0.29, 0.717) is 6.10 Å². The average Bonchev–Trinajstić information content (AvgIpc) is 2.86. The van der Waals surface area contributed by atoms with Crippen LogP contribution in [0, 0.1) is 0 Å². The van der Waals surface area contributed by atoms with Crippen LogP contribution in [0.4, 0.5) is 5.82 Å². The van der Waals surface area contributed by atoms with E-state index < -0.39 is 0 Å². The molecule has 2 aliphatic rings. The summed E-state index contributed by atoms with van der Waals surface area (Å²) < 4.78 is 5.26. The average molecular weight is 313 g/mol. The summed E-state index contributed by atoms with van der Waals surface area (Å²) in [4.78, 5) is 11.0. The van der Waals surface area contributed by atoms with Gasteiger partial charge in [0.2, 0.25) is 0 Å². The summed E-state index contributed by atoms with van der Waals surface area (Å²) in [5.74, 6) is 2.64. The van der Waals surface area contributed by atoms with Crippen molar-refractivity contribution < 1.29 is 4.52 Å². The summed E-state index contributed by atoms with van der Waals surface area (Å²) >= 11 is 4.19. The maximum Gasteiger partial charge on any atom is 0.132 e. The van der Waals surface area contributed by atoms with Crippen molar-refractivity contribution in [1.82, 2.24) is 9.97 Å². The largest absolute Gasteiger partial charge is 0.361 e. The van der Waals surface area contributed by atoms with E-state index in [1.165, 1.54) is 25.7 Å². The van der Waals surface area contributed by atoms with E-state index in [0.717, 1.165) is 43.3 Å². The van der Waals surface area contributed by atoms with Crippen molar-refractivity contribution in [2.75, 3.05) is 23.7 Å². The highest BCUT2D eigenvalue weighted by molar-refractivity contribution is 7.80. The minimum absolute atomic E-state index is 0.299. The Balaban J connectivity index is 0.000000315. The van der Waals surface area contributed by atoms with Crippen molar-refractivity contribution in [2.24, 2.45) is 0 Å². The SMILES string of the molecule is C1CCC1.POC1CCN(c2ccnc(CCS)n2)C1. The molecule has 0 N–H and O–H groups in total. The normalized spacial score (nSPS) is 21.1. The van der Waals surface area contributed by atoms with E-state index in [1.807, 2.05) is 12.3 Å². The van der Waals surface area contributed by atoms with E-state index in [4.69, 9.17) is 4.52 Å². The molecule has 3 rings (SSSR count). The minimum atomic E-state index is 0.299. The van der Waals surface area contributed by atoms with Crippen LogP contribution in [0.1, 0.15) is 37.9 Å². The van der Waals surface area contributed by atoms with Crippen molar-refractivity contribution in [3.05, 3.63) is 18.1 Å². The third-order valence-corrected chi connectivity index (χ3v) is 4.30. The molecule has 0 aromatic carbocycles. The van der Waals surface area contributed by atoms with Gasteiger partial charge in [0.1, 0.15) is 11.6 Å². The lowest BCUT2D eigenvalue weighted by Gasteiger charge is -2.17. The molecule has 2 fully saturated rings. The summed E-state index contributed by atoms with van der Waals surface area (Å²) in [6.07, 6.45) is 9.98. The van der Waals surface area contributed by atoms with Crippen LogP contribution in [0.2, 0.25) is 0 Å². The fourth-order valence-corrected chi connectivity index (χ4v) is 2.50. The summed E-state index contributed by atoms with van der Waals surface area (Å²) in [7, 11) is 2.33. The molecule has 4 nitrogen and oxygen atoms in total. The Labute approximate surface area is 129 Å². The van der Waals surface area contributed by atoms with Gasteiger partial charge < -0.3 is 9.42 Å². The molecule has 2 heterocycles. The van der Waals surface area contributed by atoms with E-state index in [9.17, 15) is 0 Å². The first-order valence-corrected chi connectivity index (χ1v) is 8.47. The Morgan fingerprint density at radius 1 is 1.35 bits per heavy atom. The second-order valence-corrected chi connectivity index (χ2v) is 5.93. The van der Waals surface area contributed by atoms with Crippen LogP contribution in [-0.2, 0) is 10.9 Å². The van der Waals surface area contributed by atoms with Gasteiger partial charge in [-0.1, -0.05) is 25.7 Å². The van der Waals surface area contributed by atoms with Crippen LogP contribution in [-0.4, -0.2) is 34.9 Å². The topological polar surface area (TPSA) is 38.2 Å². The number of hydrogen-bond donors (Lipinski definition) is 1. The Bertz CT molecular complexity index is 400. The number of aromatic nitrogens is 2. The number of anilines is 1. The fraction of sp³-hybridized carbons (Fsp3) is 0.714. The Morgan fingerprint density at radius 3 is 2.65 bits per heavy atom. The molecule has 0 amide bonds. The monoisotopic (exact) mass is 313 g/mol. The van der Waals surface area contributed by atoms with Crippen LogP contribution in [0.3, 0.4) is 0 Å². The summed E-state index contributed by atoms with van der Waals surface area (Å²) in [6, 6.07) is 1.95. The quantitative estimate of drug-likeness (QED) is 0.685. The predicted molar refractivity (Wildman–Crippen MR) is 89.5 cm³/mol. The molecule has 1 saturated carbocycles. The van der Waals surface area contributed by atoms with Crippen LogP contribution in [0.5, 0.6) is 0 Å². The molecule has 2 unspecified atom stereocenters. The van der Waals surface area contributed by atoms with Gasteiger partial charge in [0, 0.05) is 35.2 Å². The lowest BCUT2D eigenvalue weighted by Crippen LogP contribution is -2.23. The lowest BCUT2D eigenvalue weighted by molar-refractivity contribution is 0.266. The van der Waals surface area contributed by atoms with Gasteiger partial charge in [-0.2, -0.15) is 12.6 Å². The smallest absolute Gasteiger partial charge is 0.132 e. The molecule has 1 aromatic rings. The Hall–Kier alpha value is -0.380. The lowest BCUT2D eigenvalue weighted by atomic mass is 10.0. The number of rotatable bonds is 4. The van der Waals surface area contributed by atoms with Crippen molar-refractivity contribution in [1.29, 1.82) is 0 Å². The van der Waals surface area contributed by atoms with Gasteiger partial charge in [-0.25, -0.2) is 9.97 Å². The van der Waals surface area contributed by atoms with E-state index in [2.05, 4.69) is 37.0 Å². The molecule has 2 atom stereocenters. The van der Waals surface area contributed by atoms with Gasteiger partial charge in [0.25, 0.3) is 0 Å². The number of hydrogen-bond acceptors (Lipinski definition) is 5. The molecular weight excluding hydrogens is 289 g/mol. The van der Waals surface area contributed by atoms with Crippen LogP contribution in [0.15, 0.2) is 12.3 Å². The first-order chi connectivity index (χ1) is 9.83. The highest BCUT2D eigenvalue weighted by Gasteiger charge is 2.23. The molecule has 112 valence electrons. The molecule has 1 aromatic heterocycles. The number of nitrogens with zero attached hydrogens (tertiary/aromatic N) is 3. The molecule has 20 heavy (non-hydrogen) atoms. The van der Waals surface area contributed by atoms with Gasteiger partial charge in [0.15, 0.2) is 0 Å². The van der Waals surface area contributed by atoms with E-state index >= 15 is 0 Å². The van der Waals surface area contributed by atoms with Crippen LogP contribution < -0.4 is 4.90 Å². The molecular formula is C14H24N3OPS. The zero-order valence-corrected chi connectivity index (χ0v) is 13.9.